The van der Waals surface area contributed by atoms with Crippen LogP contribution >= 0.6 is 0 Å². The van der Waals surface area contributed by atoms with Crippen LogP contribution in [0.2, 0.25) is 0 Å². The van der Waals surface area contributed by atoms with Gasteiger partial charge in [0, 0.05) is 5.56 Å². The Morgan fingerprint density at radius 1 is 1.14 bits per heavy atom. The molecule has 1 aliphatic rings. The molecule has 0 saturated heterocycles. The Kier molecular flexibility index (Phi) is 5.74. The molecule has 1 unspecified atom stereocenters. The number of aromatic nitrogens is 1. The lowest BCUT2D eigenvalue weighted by molar-refractivity contribution is -0.121. The van der Waals surface area contributed by atoms with Gasteiger partial charge in [0.05, 0.1) is 18.2 Å². The van der Waals surface area contributed by atoms with E-state index in [1.54, 1.807) is 12.1 Å². The van der Waals surface area contributed by atoms with Crippen LogP contribution in [0, 0.1) is 18.7 Å². The third kappa shape index (κ3) is 4.56. The van der Waals surface area contributed by atoms with Gasteiger partial charge in [-0.3, -0.25) is 4.79 Å². The number of amides is 1. The van der Waals surface area contributed by atoms with Gasteiger partial charge in [0.15, 0.2) is 0 Å². The molecule has 0 aliphatic heterocycles. The fraction of sp³-hybridized carbons (Fsp3) is 0.333. The zero-order valence-electron chi connectivity index (χ0n) is 16.5. The fourth-order valence-corrected chi connectivity index (χ4v) is 4.11. The molecule has 0 spiro atoms. The number of carbonyl (C=O) groups is 1. The second-order valence-electron chi connectivity index (χ2n) is 7.71. The maximum absolute atomic E-state index is 13.4. The molecule has 4 nitrogen and oxygen atoms in total. The van der Waals surface area contributed by atoms with Gasteiger partial charge in [0.25, 0.3) is 0 Å². The third-order valence-electron chi connectivity index (χ3n) is 5.66. The van der Waals surface area contributed by atoms with Gasteiger partial charge >= 0.3 is 0 Å². The quantitative estimate of drug-likeness (QED) is 0.613. The average molecular weight is 392 g/mol. The summed E-state index contributed by atoms with van der Waals surface area (Å²) >= 11 is 0. The second kappa shape index (κ2) is 8.60. The Labute approximate surface area is 170 Å². The number of oxazole rings is 1. The second-order valence-corrected chi connectivity index (χ2v) is 7.71. The van der Waals surface area contributed by atoms with Gasteiger partial charge in [-0.2, -0.15) is 0 Å². The van der Waals surface area contributed by atoms with Crippen LogP contribution in [0.5, 0.6) is 0 Å². The van der Waals surface area contributed by atoms with E-state index >= 15 is 0 Å². The van der Waals surface area contributed by atoms with Crippen molar-refractivity contribution in [2.75, 3.05) is 0 Å². The Hall–Kier alpha value is -2.95. The summed E-state index contributed by atoms with van der Waals surface area (Å²) in [4.78, 5) is 17.4. The molecule has 4 rings (SSSR count). The van der Waals surface area contributed by atoms with Crippen LogP contribution in [-0.2, 0) is 11.2 Å². The standard InChI is InChI=1S/C24H25FN2O2/c1-16-21(26-24(29-16)19-9-3-2-4-10-19)15-22(28)27-23(17-7-5-6-8-17)18-11-13-20(25)14-12-18/h2-4,9-14,17,23H,5-8,15H2,1H3,(H,27,28). The van der Waals surface area contributed by atoms with E-state index in [0.29, 0.717) is 23.3 Å². The Bertz CT molecular complexity index is 960. The van der Waals surface area contributed by atoms with E-state index in [1.165, 1.54) is 25.0 Å². The number of carbonyl (C=O) groups excluding carboxylic acids is 1. The highest BCUT2D eigenvalue weighted by atomic mass is 19.1. The number of nitrogens with one attached hydrogen (secondary N) is 1. The smallest absolute Gasteiger partial charge is 0.226 e. The lowest BCUT2D eigenvalue weighted by Crippen LogP contribution is -2.34. The fourth-order valence-electron chi connectivity index (χ4n) is 4.11. The minimum Gasteiger partial charge on any atom is -0.441 e. The number of benzene rings is 2. The summed E-state index contributed by atoms with van der Waals surface area (Å²) in [6.07, 6.45) is 4.64. The molecule has 5 heteroatoms. The van der Waals surface area contributed by atoms with Gasteiger partial charge in [-0.1, -0.05) is 43.2 Å². The number of halogens is 1. The first-order valence-corrected chi connectivity index (χ1v) is 10.2. The van der Waals surface area contributed by atoms with Crippen LogP contribution in [0.3, 0.4) is 0 Å². The first kappa shape index (κ1) is 19.4. The topological polar surface area (TPSA) is 55.1 Å². The van der Waals surface area contributed by atoms with Crippen LogP contribution < -0.4 is 5.32 Å². The average Bonchev–Trinajstić information content (AvgIpc) is 3.38. The normalized spacial score (nSPS) is 15.4. The molecule has 3 aromatic rings. The molecule has 0 bridgehead atoms. The van der Waals surface area contributed by atoms with E-state index in [9.17, 15) is 9.18 Å². The molecule has 2 aromatic carbocycles. The minimum atomic E-state index is -0.267. The first-order valence-electron chi connectivity index (χ1n) is 10.2. The molecule has 1 atom stereocenters. The van der Waals surface area contributed by atoms with Crippen molar-refractivity contribution in [3.63, 3.8) is 0 Å². The molecule has 1 aliphatic carbocycles. The molecule has 1 saturated carbocycles. The number of hydrogen-bond acceptors (Lipinski definition) is 3. The van der Waals surface area contributed by atoms with E-state index in [4.69, 9.17) is 4.42 Å². The number of hydrogen-bond donors (Lipinski definition) is 1. The number of nitrogens with zero attached hydrogens (tertiary/aromatic N) is 1. The van der Waals surface area contributed by atoms with E-state index < -0.39 is 0 Å². The molecule has 1 heterocycles. The number of aryl methyl sites for hydroxylation is 1. The van der Waals surface area contributed by atoms with Crippen molar-refractivity contribution in [3.8, 4) is 11.5 Å². The first-order chi connectivity index (χ1) is 14.1. The zero-order chi connectivity index (χ0) is 20.2. The zero-order valence-corrected chi connectivity index (χ0v) is 16.5. The third-order valence-corrected chi connectivity index (χ3v) is 5.66. The summed E-state index contributed by atoms with van der Waals surface area (Å²) in [6.45, 7) is 1.83. The summed E-state index contributed by atoms with van der Waals surface area (Å²) < 4.78 is 19.1. The van der Waals surface area contributed by atoms with Crippen LogP contribution in [-0.4, -0.2) is 10.9 Å². The van der Waals surface area contributed by atoms with Crippen molar-refractivity contribution in [3.05, 3.63) is 77.4 Å². The van der Waals surface area contributed by atoms with E-state index in [1.807, 2.05) is 37.3 Å². The predicted molar refractivity (Wildman–Crippen MR) is 110 cm³/mol. The SMILES string of the molecule is Cc1oc(-c2ccccc2)nc1CC(=O)NC(c1ccc(F)cc1)C1CCCC1. The van der Waals surface area contributed by atoms with Crippen LogP contribution in [0.1, 0.15) is 48.7 Å². The molecule has 1 amide bonds. The van der Waals surface area contributed by atoms with Crippen molar-refractivity contribution >= 4 is 5.91 Å². The molecular weight excluding hydrogens is 367 g/mol. The van der Waals surface area contributed by atoms with Crippen molar-refractivity contribution in [1.82, 2.24) is 10.3 Å². The summed E-state index contributed by atoms with van der Waals surface area (Å²) in [5.74, 6) is 1.19. The highest BCUT2D eigenvalue weighted by molar-refractivity contribution is 5.79. The lowest BCUT2D eigenvalue weighted by Gasteiger charge is -2.25. The van der Waals surface area contributed by atoms with E-state index in [2.05, 4.69) is 10.3 Å². The van der Waals surface area contributed by atoms with E-state index in [-0.39, 0.29) is 24.2 Å². The highest BCUT2D eigenvalue weighted by Crippen LogP contribution is 2.36. The maximum Gasteiger partial charge on any atom is 0.226 e. The highest BCUT2D eigenvalue weighted by Gasteiger charge is 2.28. The van der Waals surface area contributed by atoms with E-state index in [0.717, 1.165) is 24.0 Å². The van der Waals surface area contributed by atoms with Crippen LogP contribution in [0.25, 0.3) is 11.5 Å². The lowest BCUT2D eigenvalue weighted by atomic mass is 9.91. The monoisotopic (exact) mass is 392 g/mol. The van der Waals surface area contributed by atoms with Gasteiger partial charge in [0.2, 0.25) is 11.8 Å². The molecule has 1 N–H and O–H groups in total. The van der Waals surface area contributed by atoms with Crippen molar-refractivity contribution < 1.29 is 13.6 Å². The molecule has 1 aromatic heterocycles. The van der Waals surface area contributed by atoms with Gasteiger partial charge in [-0.25, -0.2) is 9.37 Å². The van der Waals surface area contributed by atoms with Crippen molar-refractivity contribution in [1.29, 1.82) is 0 Å². The molecular formula is C24H25FN2O2. The largest absolute Gasteiger partial charge is 0.441 e. The Balaban J connectivity index is 1.49. The summed E-state index contributed by atoms with van der Waals surface area (Å²) in [7, 11) is 0. The van der Waals surface area contributed by atoms with Gasteiger partial charge < -0.3 is 9.73 Å². The minimum absolute atomic E-state index is 0.0952. The van der Waals surface area contributed by atoms with Crippen LogP contribution in [0.15, 0.2) is 59.0 Å². The molecule has 29 heavy (non-hydrogen) atoms. The summed E-state index contributed by atoms with van der Waals surface area (Å²) in [5.41, 5.74) is 2.48. The predicted octanol–water partition coefficient (Wildman–Crippen LogP) is 5.38. The summed E-state index contributed by atoms with van der Waals surface area (Å²) in [5, 5.41) is 3.18. The van der Waals surface area contributed by atoms with Crippen molar-refractivity contribution in [2.45, 2.75) is 45.1 Å². The van der Waals surface area contributed by atoms with Gasteiger partial charge in [-0.05, 0) is 55.5 Å². The molecule has 150 valence electrons. The summed E-state index contributed by atoms with van der Waals surface area (Å²) in [6, 6.07) is 16.0. The van der Waals surface area contributed by atoms with Gasteiger partial charge in [-0.15, -0.1) is 0 Å². The molecule has 1 fully saturated rings. The van der Waals surface area contributed by atoms with Crippen LogP contribution in [0.4, 0.5) is 4.39 Å². The Morgan fingerprint density at radius 3 is 2.52 bits per heavy atom. The molecule has 0 radical (unpaired) electrons. The van der Waals surface area contributed by atoms with Crippen molar-refractivity contribution in [2.24, 2.45) is 5.92 Å². The Morgan fingerprint density at radius 2 is 1.83 bits per heavy atom. The number of rotatable bonds is 6. The van der Waals surface area contributed by atoms with Gasteiger partial charge in [0.1, 0.15) is 11.6 Å². The maximum atomic E-state index is 13.4.